The minimum Gasteiger partial charge on any atom is -0.630 e. The first-order chi connectivity index (χ1) is 16.4. The Hall–Kier alpha value is -1.65. The smallest absolute Gasteiger partial charge is 0.116 e. The molecule has 1 atom stereocenters. The first-order valence-electron chi connectivity index (χ1n) is 13.0. The van der Waals surface area contributed by atoms with Crippen LogP contribution in [-0.2, 0) is 39.3 Å². The number of nitrogens with zero attached hydrogens (tertiary/aromatic N) is 3. The summed E-state index contributed by atoms with van der Waals surface area (Å²) >= 11 is 0. The standard InChI is InChI=1S/C18H23N4.C4H10.C4H6.2C2H6.CH3.Y/c1-4-10-18(5-2)11-12-21(14(18)3)13-17-20-15-8-6-7-9-16(15)22(17)19;2*1-3-4-2;2*1-2;;/h6-9,11-12,19H,3-5,10,13H2,1-2H3;3-4H2,1-2H3;3-4H,1-2H2;2*1-2H3;1H3;/q-1;;;;;-1;. The van der Waals surface area contributed by atoms with E-state index >= 15 is 0 Å². The predicted molar refractivity (Wildman–Crippen MR) is 161 cm³/mol. The third kappa shape index (κ3) is 12.5. The zero-order valence-electron chi connectivity index (χ0n) is 24.9. The number of rotatable bonds is 7. The summed E-state index contributed by atoms with van der Waals surface area (Å²) in [5.41, 5.74) is 2.93. The third-order valence-corrected chi connectivity index (χ3v) is 5.43. The van der Waals surface area contributed by atoms with Crippen LogP contribution in [0.2, 0.25) is 0 Å². The molecule has 1 unspecified atom stereocenters. The SMILES string of the molecule is C=C1N(Cc2nc3ccccc3n2[NH-])C=CC1(CC)CCC.C=CC=C.CC.CC.CCCC.[CH3-].[Y]. The fourth-order valence-corrected chi connectivity index (χ4v) is 3.36. The number of fused-ring (bicyclic) bond motifs is 1. The average molecular weight is 572 g/mol. The van der Waals surface area contributed by atoms with Gasteiger partial charge in [-0.25, -0.2) is 4.98 Å². The second-order valence-electron chi connectivity index (χ2n) is 7.47. The fraction of sp³-hybridized carbons (Fsp3) is 0.484. The normalized spacial score (nSPS) is 14.7. The molecule has 4 nitrogen and oxygen atoms in total. The number of allylic oxidation sites excluding steroid dienone is 3. The van der Waals surface area contributed by atoms with Crippen molar-refractivity contribution in [1.82, 2.24) is 14.6 Å². The molecule has 0 bridgehead atoms. The van der Waals surface area contributed by atoms with Crippen LogP contribution in [0.3, 0.4) is 0 Å². The van der Waals surface area contributed by atoms with Gasteiger partial charge in [0.1, 0.15) is 5.82 Å². The summed E-state index contributed by atoms with van der Waals surface area (Å²) in [5, 5.41) is 0. The summed E-state index contributed by atoms with van der Waals surface area (Å²) in [4.78, 5) is 6.73. The predicted octanol–water partition coefficient (Wildman–Crippen LogP) is 10.6. The van der Waals surface area contributed by atoms with E-state index in [1.165, 1.54) is 17.5 Å². The van der Waals surface area contributed by atoms with E-state index in [9.17, 15) is 0 Å². The molecule has 1 aromatic heterocycles. The van der Waals surface area contributed by atoms with Gasteiger partial charge in [0.2, 0.25) is 0 Å². The van der Waals surface area contributed by atoms with Gasteiger partial charge in [-0.1, -0.05) is 125 Å². The zero-order chi connectivity index (χ0) is 26.6. The first kappa shape index (κ1) is 41.5. The van der Waals surface area contributed by atoms with E-state index in [1.807, 2.05) is 52.0 Å². The molecule has 0 aliphatic carbocycles. The summed E-state index contributed by atoms with van der Waals surface area (Å²) in [6.45, 7) is 28.4. The summed E-state index contributed by atoms with van der Waals surface area (Å²) in [5.74, 6) is 8.99. The number of nitrogens with one attached hydrogen (secondary N) is 1. The average Bonchev–Trinajstić information content (AvgIpc) is 3.39. The van der Waals surface area contributed by atoms with Gasteiger partial charge in [0, 0.05) is 50.0 Å². The topological polar surface area (TPSA) is 44.9 Å². The van der Waals surface area contributed by atoms with Crippen molar-refractivity contribution in [2.75, 3.05) is 0 Å². The molecule has 1 radical (unpaired) electrons. The maximum absolute atomic E-state index is 8.25. The molecular formula is C31H54N4Y-2. The Morgan fingerprint density at radius 2 is 1.47 bits per heavy atom. The molecule has 0 fully saturated rings. The number of unbranched alkanes of at least 4 members (excludes halogenated alkanes) is 1. The molecule has 0 spiro atoms. The largest absolute Gasteiger partial charge is 0.630 e. The van der Waals surface area contributed by atoms with Crippen molar-refractivity contribution in [2.24, 2.45) is 5.41 Å². The molecule has 0 saturated carbocycles. The van der Waals surface area contributed by atoms with Gasteiger partial charge in [-0.3, -0.25) is 0 Å². The van der Waals surface area contributed by atoms with Crippen molar-refractivity contribution < 1.29 is 32.7 Å². The maximum Gasteiger partial charge on any atom is 0.116 e. The molecule has 0 amide bonds. The number of hydrogen-bond donors (Lipinski definition) is 0. The number of aromatic nitrogens is 2. The Labute approximate surface area is 249 Å². The summed E-state index contributed by atoms with van der Waals surface area (Å²) < 4.78 is 1.43. The molecular weight excluding hydrogens is 517 g/mol. The quantitative estimate of drug-likeness (QED) is 0.245. The minimum absolute atomic E-state index is 0. The van der Waals surface area contributed by atoms with Gasteiger partial charge in [0.25, 0.3) is 0 Å². The van der Waals surface area contributed by atoms with E-state index in [-0.39, 0.29) is 45.6 Å². The van der Waals surface area contributed by atoms with Gasteiger partial charge in [-0.05, 0) is 25.0 Å². The molecule has 36 heavy (non-hydrogen) atoms. The number of benzene rings is 1. The Morgan fingerprint density at radius 1 is 0.944 bits per heavy atom. The van der Waals surface area contributed by atoms with E-state index in [4.69, 9.17) is 5.84 Å². The molecule has 1 N–H and O–H groups in total. The molecule has 0 saturated heterocycles. The summed E-state index contributed by atoms with van der Waals surface area (Å²) in [6.07, 6.45) is 13.6. The molecule has 1 aliphatic rings. The Bertz CT molecular complexity index is 845. The van der Waals surface area contributed by atoms with Crippen LogP contribution in [0.1, 0.15) is 93.3 Å². The van der Waals surface area contributed by atoms with Crippen LogP contribution in [0.15, 0.2) is 74.1 Å². The molecule has 2 aromatic rings. The summed E-state index contributed by atoms with van der Waals surface area (Å²) in [6, 6.07) is 7.78. The van der Waals surface area contributed by atoms with Gasteiger partial charge >= 0.3 is 0 Å². The van der Waals surface area contributed by atoms with E-state index in [0.29, 0.717) is 6.54 Å². The summed E-state index contributed by atoms with van der Waals surface area (Å²) in [7, 11) is 0. The van der Waals surface area contributed by atoms with Crippen LogP contribution in [0.5, 0.6) is 0 Å². The van der Waals surface area contributed by atoms with Crippen LogP contribution in [0, 0.1) is 12.8 Å². The van der Waals surface area contributed by atoms with Crippen molar-refractivity contribution in [2.45, 2.75) is 94.0 Å². The number of para-hydroxylation sites is 2. The van der Waals surface area contributed by atoms with Gasteiger partial charge in [0.15, 0.2) is 0 Å². The minimum atomic E-state index is 0. The molecule has 203 valence electrons. The second kappa shape index (κ2) is 25.0. The monoisotopic (exact) mass is 571 g/mol. The van der Waals surface area contributed by atoms with Gasteiger partial charge < -0.3 is 22.8 Å². The van der Waals surface area contributed by atoms with E-state index < -0.39 is 0 Å². The fourth-order valence-electron chi connectivity index (χ4n) is 3.36. The maximum atomic E-state index is 8.25. The number of hydrogen-bond acceptors (Lipinski definition) is 2. The van der Waals surface area contributed by atoms with Crippen molar-refractivity contribution >= 4 is 11.0 Å². The Morgan fingerprint density at radius 3 is 1.89 bits per heavy atom. The third-order valence-electron chi connectivity index (χ3n) is 5.43. The van der Waals surface area contributed by atoms with E-state index in [2.05, 4.69) is 69.6 Å². The van der Waals surface area contributed by atoms with Crippen molar-refractivity contribution in [3.63, 3.8) is 0 Å². The van der Waals surface area contributed by atoms with Crippen LogP contribution in [0.25, 0.3) is 16.9 Å². The Kier molecular flexibility index (Phi) is 28.8. The second-order valence-corrected chi connectivity index (χ2v) is 7.47. The first-order valence-corrected chi connectivity index (χ1v) is 13.0. The van der Waals surface area contributed by atoms with Crippen molar-refractivity contribution in [1.29, 1.82) is 0 Å². The number of imidazole rings is 1. The van der Waals surface area contributed by atoms with Gasteiger partial charge in [-0.2, -0.15) is 0 Å². The zero-order valence-corrected chi connectivity index (χ0v) is 27.7. The van der Waals surface area contributed by atoms with E-state index in [1.54, 1.807) is 12.2 Å². The van der Waals surface area contributed by atoms with Crippen LogP contribution in [-0.4, -0.2) is 14.6 Å². The van der Waals surface area contributed by atoms with Crippen LogP contribution in [0.4, 0.5) is 0 Å². The van der Waals surface area contributed by atoms with E-state index in [0.717, 1.165) is 41.8 Å². The molecule has 3 rings (SSSR count). The van der Waals surface area contributed by atoms with Crippen LogP contribution < -0.4 is 0 Å². The Balaban J connectivity index is -0.000000314. The van der Waals surface area contributed by atoms with Crippen LogP contribution >= 0.6 is 0 Å². The molecule has 1 aromatic carbocycles. The van der Waals surface area contributed by atoms with Gasteiger partial charge in [0.05, 0.1) is 17.6 Å². The van der Waals surface area contributed by atoms with Gasteiger partial charge in [-0.15, -0.1) is 0 Å². The molecule has 2 heterocycles. The van der Waals surface area contributed by atoms with Crippen molar-refractivity contribution in [3.05, 3.63) is 93.2 Å². The molecule has 5 heteroatoms. The molecule has 1 aliphatic heterocycles. The van der Waals surface area contributed by atoms with Crippen molar-refractivity contribution in [3.8, 4) is 0 Å².